The normalized spacial score (nSPS) is 20.7. The van der Waals surface area contributed by atoms with Gasteiger partial charge in [0.2, 0.25) is 0 Å². The molecule has 0 saturated carbocycles. The Hall–Kier alpha value is -2.63. The summed E-state index contributed by atoms with van der Waals surface area (Å²) in [6.45, 7) is 2.72. The summed E-state index contributed by atoms with van der Waals surface area (Å²) in [6, 6.07) is 8.43. The smallest absolute Gasteiger partial charge is 0.303 e. The Bertz CT molecular complexity index is 755. The molecule has 0 aliphatic heterocycles. The van der Waals surface area contributed by atoms with Crippen LogP contribution in [0.3, 0.4) is 0 Å². The third-order valence-corrected chi connectivity index (χ3v) is 4.79. The van der Waals surface area contributed by atoms with Gasteiger partial charge in [0.25, 0.3) is 0 Å². The summed E-state index contributed by atoms with van der Waals surface area (Å²) in [7, 11) is 0. The van der Waals surface area contributed by atoms with E-state index < -0.39 is 5.97 Å². The molecule has 0 fully saturated rings. The Morgan fingerprint density at radius 3 is 2.96 bits per heavy atom. The van der Waals surface area contributed by atoms with Crippen LogP contribution in [0.5, 0.6) is 0 Å². The third kappa shape index (κ3) is 4.31. The molecule has 1 aliphatic carbocycles. The van der Waals surface area contributed by atoms with E-state index >= 15 is 0 Å². The van der Waals surface area contributed by atoms with E-state index in [9.17, 15) is 4.79 Å². The van der Waals surface area contributed by atoms with Gasteiger partial charge in [-0.1, -0.05) is 36.3 Å². The summed E-state index contributed by atoms with van der Waals surface area (Å²) in [4.78, 5) is 20.3. The zero-order valence-corrected chi connectivity index (χ0v) is 15.0. The zero-order chi connectivity index (χ0) is 18.4. The quantitative estimate of drug-likeness (QED) is 0.579. The van der Waals surface area contributed by atoms with Crippen LogP contribution in [-0.2, 0) is 16.1 Å². The first-order valence-electron chi connectivity index (χ1n) is 9.14. The van der Waals surface area contributed by atoms with Gasteiger partial charge in [-0.15, -0.1) is 0 Å². The van der Waals surface area contributed by atoms with Gasteiger partial charge in [-0.3, -0.25) is 4.79 Å². The van der Waals surface area contributed by atoms with E-state index in [1.54, 1.807) is 6.20 Å². The Labute approximate surface area is 153 Å². The number of rotatable bonds is 8. The van der Waals surface area contributed by atoms with Crippen molar-refractivity contribution in [2.45, 2.75) is 45.1 Å². The average molecular weight is 355 g/mol. The zero-order valence-electron chi connectivity index (χ0n) is 15.0. The van der Waals surface area contributed by atoms with Crippen molar-refractivity contribution in [3.8, 4) is 0 Å². The van der Waals surface area contributed by atoms with Crippen molar-refractivity contribution in [2.75, 3.05) is 6.61 Å². The lowest BCUT2D eigenvalue weighted by molar-refractivity contribution is -0.137. The van der Waals surface area contributed by atoms with Crippen LogP contribution in [0.25, 0.3) is 0 Å². The number of carboxylic acid groups (broad SMARTS) is 1. The summed E-state index contributed by atoms with van der Waals surface area (Å²) in [5, 5.41) is 13.2. The predicted molar refractivity (Wildman–Crippen MR) is 99.2 cm³/mol. The summed E-state index contributed by atoms with van der Waals surface area (Å²) >= 11 is 0. The molecule has 2 aromatic rings. The van der Waals surface area contributed by atoms with E-state index in [1.807, 2.05) is 18.6 Å². The van der Waals surface area contributed by atoms with Crippen LogP contribution in [0, 0.1) is 5.92 Å². The molecule has 3 rings (SSSR count). The number of imidazole rings is 1. The summed E-state index contributed by atoms with van der Waals surface area (Å²) in [5.41, 5.74) is 3.36. The molecular weight excluding hydrogens is 330 g/mol. The molecule has 0 spiro atoms. The highest BCUT2D eigenvalue weighted by Gasteiger charge is 2.32. The van der Waals surface area contributed by atoms with E-state index in [1.165, 1.54) is 5.56 Å². The fourth-order valence-electron chi connectivity index (χ4n) is 3.54. The Kier molecular flexibility index (Phi) is 6.04. The van der Waals surface area contributed by atoms with Gasteiger partial charge in [0, 0.05) is 24.4 Å². The molecule has 138 valence electrons. The molecule has 0 saturated heterocycles. The van der Waals surface area contributed by atoms with Crippen LogP contribution in [0.15, 0.2) is 48.1 Å². The number of oxime groups is 1. The first kappa shape index (κ1) is 18.2. The Morgan fingerprint density at radius 1 is 1.35 bits per heavy atom. The summed E-state index contributed by atoms with van der Waals surface area (Å²) < 4.78 is 2.09. The number of benzene rings is 1. The van der Waals surface area contributed by atoms with Gasteiger partial charge in [-0.2, -0.15) is 0 Å². The van der Waals surface area contributed by atoms with Gasteiger partial charge in [-0.05, 0) is 37.2 Å². The number of aromatic nitrogens is 2. The number of hydrogen-bond donors (Lipinski definition) is 1. The highest BCUT2D eigenvalue weighted by Crippen LogP contribution is 2.34. The van der Waals surface area contributed by atoms with Gasteiger partial charge in [0.15, 0.2) is 0 Å². The van der Waals surface area contributed by atoms with Crippen LogP contribution in [0.1, 0.15) is 49.8 Å². The number of unbranched alkanes of at least 4 members (excludes halogenated alkanes) is 2. The maximum atomic E-state index is 10.5. The third-order valence-electron chi connectivity index (χ3n) is 4.79. The fraction of sp³-hybridized carbons (Fsp3) is 0.450. The number of hydrogen-bond acceptors (Lipinski definition) is 4. The molecule has 1 aromatic carbocycles. The van der Waals surface area contributed by atoms with Crippen LogP contribution in [-0.4, -0.2) is 32.9 Å². The molecule has 1 heterocycles. The molecule has 6 heteroatoms. The van der Waals surface area contributed by atoms with Gasteiger partial charge < -0.3 is 14.5 Å². The van der Waals surface area contributed by atoms with Crippen molar-refractivity contribution >= 4 is 11.7 Å². The van der Waals surface area contributed by atoms with Crippen LogP contribution >= 0.6 is 0 Å². The molecule has 6 nitrogen and oxygen atoms in total. The maximum Gasteiger partial charge on any atom is 0.303 e. The van der Waals surface area contributed by atoms with Gasteiger partial charge in [-0.25, -0.2) is 4.98 Å². The number of carbonyl (C=O) groups is 1. The van der Waals surface area contributed by atoms with Gasteiger partial charge in [0.05, 0.1) is 12.4 Å². The second-order valence-corrected chi connectivity index (χ2v) is 6.81. The lowest BCUT2D eigenvalue weighted by Gasteiger charge is -2.32. The highest BCUT2D eigenvalue weighted by atomic mass is 16.6. The predicted octanol–water partition coefficient (Wildman–Crippen LogP) is 3.68. The van der Waals surface area contributed by atoms with Crippen molar-refractivity contribution in [1.82, 2.24) is 9.55 Å². The molecule has 26 heavy (non-hydrogen) atoms. The van der Waals surface area contributed by atoms with Crippen LogP contribution in [0.2, 0.25) is 0 Å². The van der Waals surface area contributed by atoms with Crippen molar-refractivity contribution in [3.63, 3.8) is 0 Å². The second-order valence-electron chi connectivity index (χ2n) is 6.81. The Balaban J connectivity index is 1.71. The lowest BCUT2D eigenvalue weighted by atomic mass is 9.79. The van der Waals surface area contributed by atoms with E-state index in [2.05, 4.69) is 39.8 Å². The standard InChI is InChI=1S/C20H25N3O3/c1-15-13-16-7-4-5-8-17(16)19(20(15)23-11-10-21-14-23)22-26-12-6-2-3-9-18(24)25/h4-5,7-8,10-11,14-15,20H,2-3,6,9,12-13H2,1H3,(H,24,25)/b22-19+. The maximum absolute atomic E-state index is 10.5. The van der Waals surface area contributed by atoms with E-state index in [4.69, 9.17) is 9.94 Å². The minimum atomic E-state index is -0.748. The number of fused-ring (bicyclic) bond motifs is 1. The number of aliphatic carboxylic acids is 1. The largest absolute Gasteiger partial charge is 0.481 e. The molecule has 1 N–H and O–H groups in total. The molecule has 0 radical (unpaired) electrons. The molecule has 0 amide bonds. The van der Waals surface area contributed by atoms with Crippen LogP contribution in [0.4, 0.5) is 0 Å². The SMILES string of the molecule is CC1Cc2ccccc2/C(=N\OCCCCCC(=O)O)C1n1ccnc1. The molecule has 2 atom stereocenters. The monoisotopic (exact) mass is 355 g/mol. The fourth-order valence-corrected chi connectivity index (χ4v) is 3.54. The van der Waals surface area contributed by atoms with Crippen molar-refractivity contribution in [2.24, 2.45) is 11.1 Å². The topological polar surface area (TPSA) is 76.7 Å². The first-order chi connectivity index (χ1) is 12.7. The van der Waals surface area contributed by atoms with Crippen molar-refractivity contribution < 1.29 is 14.7 Å². The van der Waals surface area contributed by atoms with Gasteiger partial charge in [0.1, 0.15) is 12.3 Å². The van der Waals surface area contributed by atoms with E-state index in [-0.39, 0.29) is 12.5 Å². The first-order valence-corrected chi connectivity index (χ1v) is 9.14. The minimum absolute atomic E-state index is 0.0967. The molecule has 1 aromatic heterocycles. The van der Waals surface area contributed by atoms with Crippen LogP contribution < -0.4 is 0 Å². The number of nitrogens with zero attached hydrogens (tertiary/aromatic N) is 3. The Morgan fingerprint density at radius 2 is 2.19 bits per heavy atom. The average Bonchev–Trinajstić information content (AvgIpc) is 3.14. The lowest BCUT2D eigenvalue weighted by Crippen LogP contribution is -2.32. The summed E-state index contributed by atoms with van der Waals surface area (Å²) in [5.74, 6) is -0.362. The molecular formula is C20H25N3O3. The molecule has 0 bridgehead atoms. The molecule has 1 aliphatic rings. The van der Waals surface area contributed by atoms with Gasteiger partial charge >= 0.3 is 5.97 Å². The van der Waals surface area contributed by atoms with E-state index in [0.717, 1.165) is 30.5 Å². The highest BCUT2D eigenvalue weighted by molar-refractivity contribution is 6.05. The van der Waals surface area contributed by atoms with Crippen molar-refractivity contribution in [3.05, 3.63) is 54.1 Å². The minimum Gasteiger partial charge on any atom is -0.481 e. The second kappa shape index (κ2) is 8.65. The van der Waals surface area contributed by atoms with Crippen molar-refractivity contribution in [1.29, 1.82) is 0 Å². The molecule has 2 unspecified atom stereocenters. The van der Waals surface area contributed by atoms with E-state index in [0.29, 0.717) is 18.9 Å². The number of carboxylic acids is 1. The summed E-state index contributed by atoms with van der Waals surface area (Å²) in [6.07, 6.45) is 9.09.